The van der Waals surface area contributed by atoms with Gasteiger partial charge in [0.1, 0.15) is 17.3 Å². The van der Waals surface area contributed by atoms with Crippen LogP contribution < -0.4 is 15.4 Å². The Hall–Kier alpha value is -3.68. The van der Waals surface area contributed by atoms with Gasteiger partial charge in [-0.1, -0.05) is 25.1 Å². The summed E-state index contributed by atoms with van der Waals surface area (Å²) in [5.41, 5.74) is 1.14. The van der Waals surface area contributed by atoms with Gasteiger partial charge in [-0.25, -0.2) is 9.18 Å². The van der Waals surface area contributed by atoms with Gasteiger partial charge in [0.05, 0.1) is 0 Å². The molecule has 150 valence electrons. The molecular weight excluding hydrogens is 377 g/mol. The van der Waals surface area contributed by atoms with Crippen LogP contribution in [0.3, 0.4) is 0 Å². The molecule has 1 heterocycles. The van der Waals surface area contributed by atoms with Crippen LogP contribution in [0.4, 0.5) is 14.9 Å². The van der Waals surface area contributed by atoms with Crippen LogP contribution in [0, 0.1) is 5.82 Å². The first kappa shape index (κ1) is 20.1. The molecule has 0 spiro atoms. The highest BCUT2D eigenvalue weighted by atomic mass is 19.1. The summed E-state index contributed by atoms with van der Waals surface area (Å²) in [5, 5.41) is 5.15. The fraction of sp³-hybridized carbons (Fsp3) is 0.190. The van der Waals surface area contributed by atoms with Gasteiger partial charge >= 0.3 is 6.03 Å². The number of para-hydroxylation sites is 1. The maximum Gasteiger partial charge on any atom is 0.329 e. The van der Waals surface area contributed by atoms with Crippen molar-refractivity contribution in [3.8, 4) is 5.75 Å². The molecule has 0 bridgehead atoms. The highest BCUT2D eigenvalue weighted by Crippen LogP contribution is 2.23. The van der Waals surface area contributed by atoms with Gasteiger partial charge in [0.15, 0.2) is 6.61 Å². The summed E-state index contributed by atoms with van der Waals surface area (Å²) in [6.07, 6.45) is 2.18. The van der Waals surface area contributed by atoms with Gasteiger partial charge in [-0.3, -0.25) is 14.5 Å². The zero-order valence-corrected chi connectivity index (χ0v) is 15.8. The second-order valence-corrected chi connectivity index (χ2v) is 6.33. The van der Waals surface area contributed by atoms with E-state index in [1.165, 1.54) is 30.3 Å². The van der Waals surface area contributed by atoms with Crippen molar-refractivity contribution >= 4 is 29.6 Å². The lowest BCUT2D eigenvalue weighted by molar-refractivity contribution is -0.123. The van der Waals surface area contributed by atoms with E-state index >= 15 is 0 Å². The Labute approximate surface area is 167 Å². The van der Waals surface area contributed by atoms with Crippen LogP contribution in [0.25, 0.3) is 6.08 Å². The van der Waals surface area contributed by atoms with Gasteiger partial charge in [-0.2, -0.15) is 0 Å². The first-order valence-electron chi connectivity index (χ1n) is 9.09. The molecule has 2 aromatic carbocycles. The Morgan fingerprint density at radius 2 is 1.90 bits per heavy atom. The van der Waals surface area contributed by atoms with E-state index in [9.17, 15) is 18.8 Å². The Morgan fingerprint density at radius 3 is 2.62 bits per heavy atom. The minimum absolute atomic E-state index is 0.148. The van der Waals surface area contributed by atoms with Crippen LogP contribution in [0.1, 0.15) is 18.9 Å². The number of rotatable bonds is 7. The second kappa shape index (κ2) is 9.01. The summed E-state index contributed by atoms with van der Waals surface area (Å²) in [6, 6.07) is 11.8. The molecule has 1 saturated heterocycles. The normalized spacial score (nSPS) is 14.8. The standard InChI is InChI=1S/C21H20FN3O4/c1-2-11-25-20(27)17(24-21(25)28)12-14-5-3-4-6-18(14)29-13-19(26)23-16-9-7-15(22)8-10-16/h3-10,12H,2,11,13H2,1H3,(H,23,26)(H,24,28)/b17-12+. The number of nitrogens with zero attached hydrogens (tertiary/aromatic N) is 1. The number of hydrogen-bond acceptors (Lipinski definition) is 4. The number of hydrogen-bond donors (Lipinski definition) is 2. The Kier molecular flexibility index (Phi) is 6.23. The Morgan fingerprint density at radius 1 is 1.17 bits per heavy atom. The number of imide groups is 1. The van der Waals surface area contributed by atoms with Crippen molar-refractivity contribution in [2.24, 2.45) is 0 Å². The number of nitrogens with one attached hydrogen (secondary N) is 2. The van der Waals surface area contributed by atoms with Crippen molar-refractivity contribution < 1.29 is 23.5 Å². The van der Waals surface area contributed by atoms with Crippen LogP contribution in [-0.2, 0) is 9.59 Å². The molecule has 2 aromatic rings. The molecule has 2 N–H and O–H groups in total. The number of ether oxygens (including phenoxy) is 1. The molecule has 0 aliphatic carbocycles. The largest absolute Gasteiger partial charge is 0.483 e. The van der Waals surface area contributed by atoms with E-state index in [-0.39, 0.29) is 12.3 Å². The monoisotopic (exact) mass is 397 g/mol. The molecular formula is C21H20FN3O4. The van der Waals surface area contributed by atoms with Gasteiger partial charge in [0.2, 0.25) is 0 Å². The lowest BCUT2D eigenvalue weighted by Crippen LogP contribution is -2.31. The Bertz CT molecular complexity index is 957. The number of benzene rings is 2. The molecule has 1 fully saturated rings. The molecule has 4 amide bonds. The number of urea groups is 1. The minimum Gasteiger partial charge on any atom is -0.483 e. The van der Waals surface area contributed by atoms with Crippen molar-refractivity contribution in [1.82, 2.24) is 10.2 Å². The third kappa shape index (κ3) is 4.98. The molecule has 3 rings (SSSR count). The molecule has 0 radical (unpaired) electrons. The number of carbonyl (C=O) groups is 3. The van der Waals surface area contributed by atoms with Crippen molar-refractivity contribution in [2.75, 3.05) is 18.5 Å². The number of halogens is 1. The average molecular weight is 397 g/mol. The third-order valence-electron chi connectivity index (χ3n) is 4.12. The molecule has 1 aliphatic heterocycles. The number of anilines is 1. The van der Waals surface area contributed by atoms with E-state index in [2.05, 4.69) is 10.6 Å². The highest BCUT2D eigenvalue weighted by Gasteiger charge is 2.32. The summed E-state index contributed by atoms with van der Waals surface area (Å²) in [6.45, 7) is 1.94. The lowest BCUT2D eigenvalue weighted by atomic mass is 10.1. The number of amides is 4. The maximum absolute atomic E-state index is 12.9. The van der Waals surface area contributed by atoms with Crippen LogP contribution in [0.15, 0.2) is 54.2 Å². The second-order valence-electron chi connectivity index (χ2n) is 6.33. The molecule has 0 saturated carbocycles. The van der Waals surface area contributed by atoms with Gasteiger partial charge in [-0.15, -0.1) is 0 Å². The molecule has 0 atom stereocenters. The van der Waals surface area contributed by atoms with Crippen LogP contribution in [0.5, 0.6) is 5.75 Å². The maximum atomic E-state index is 12.9. The fourth-order valence-electron chi connectivity index (χ4n) is 2.76. The van der Waals surface area contributed by atoms with Crippen molar-refractivity contribution in [2.45, 2.75) is 13.3 Å². The quantitative estimate of drug-likeness (QED) is 0.555. The van der Waals surface area contributed by atoms with Crippen LogP contribution >= 0.6 is 0 Å². The average Bonchev–Trinajstić information content (AvgIpc) is 2.97. The van der Waals surface area contributed by atoms with E-state index < -0.39 is 23.7 Å². The lowest BCUT2D eigenvalue weighted by Gasteiger charge is -2.10. The van der Waals surface area contributed by atoms with E-state index in [1.54, 1.807) is 24.3 Å². The predicted octanol–water partition coefficient (Wildman–Crippen LogP) is 3.15. The van der Waals surface area contributed by atoms with Gasteiger partial charge < -0.3 is 15.4 Å². The minimum atomic E-state index is -0.458. The molecule has 7 nitrogen and oxygen atoms in total. The molecule has 8 heteroatoms. The summed E-state index contributed by atoms with van der Waals surface area (Å²) < 4.78 is 18.5. The van der Waals surface area contributed by atoms with Crippen molar-refractivity contribution in [3.63, 3.8) is 0 Å². The fourth-order valence-corrected chi connectivity index (χ4v) is 2.76. The van der Waals surface area contributed by atoms with E-state index in [1.807, 2.05) is 6.92 Å². The zero-order valence-electron chi connectivity index (χ0n) is 15.8. The van der Waals surface area contributed by atoms with Crippen molar-refractivity contribution in [3.05, 3.63) is 65.6 Å². The summed E-state index contributed by atoms with van der Waals surface area (Å²) in [4.78, 5) is 37.5. The first-order valence-corrected chi connectivity index (χ1v) is 9.09. The SMILES string of the molecule is CCCN1C(=O)N/C(=C/c2ccccc2OCC(=O)Nc2ccc(F)cc2)C1=O. The van der Waals surface area contributed by atoms with Crippen LogP contribution in [-0.4, -0.2) is 35.9 Å². The summed E-state index contributed by atoms with van der Waals surface area (Å²) in [7, 11) is 0. The highest BCUT2D eigenvalue weighted by molar-refractivity contribution is 6.14. The summed E-state index contributed by atoms with van der Waals surface area (Å²) in [5.74, 6) is -0.836. The Balaban J connectivity index is 1.68. The van der Waals surface area contributed by atoms with E-state index in [4.69, 9.17) is 4.74 Å². The van der Waals surface area contributed by atoms with Gasteiger partial charge in [0, 0.05) is 17.8 Å². The van der Waals surface area contributed by atoms with Gasteiger partial charge in [-0.05, 0) is 42.8 Å². The molecule has 29 heavy (non-hydrogen) atoms. The smallest absolute Gasteiger partial charge is 0.329 e. The predicted molar refractivity (Wildman–Crippen MR) is 105 cm³/mol. The van der Waals surface area contributed by atoms with Gasteiger partial charge in [0.25, 0.3) is 11.8 Å². The number of carbonyl (C=O) groups excluding carboxylic acids is 3. The molecule has 0 aromatic heterocycles. The third-order valence-corrected chi connectivity index (χ3v) is 4.12. The topological polar surface area (TPSA) is 87.7 Å². The summed E-state index contributed by atoms with van der Waals surface area (Å²) >= 11 is 0. The zero-order chi connectivity index (χ0) is 20.8. The molecule has 1 aliphatic rings. The van der Waals surface area contributed by atoms with E-state index in [0.29, 0.717) is 30.0 Å². The van der Waals surface area contributed by atoms with Crippen LogP contribution in [0.2, 0.25) is 0 Å². The van der Waals surface area contributed by atoms with Crippen molar-refractivity contribution in [1.29, 1.82) is 0 Å². The first-order chi connectivity index (χ1) is 14.0. The van der Waals surface area contributed by atoms with E-state index in [0.717, 1.165) is 4.90 Å². The molecule has 0 unspecified atom stereocenters.